The average molecular weight is 160 g/mol. The topological polar surface area (TPSA) is 55.5 Å². The van der Waals surface area contributed by atoms with E-state index in [-0.39, 0.29) is 11.8 Å². The van der Waals surface area contributed by atoms with Crippen LogP contribution in [0.4, 0.5) is 0 Å². The van der Waals surface area contributed by atoms with Crippen molar-refractivity contribution >= 4 is 12.1 Å². The number of hydrogen-bond donors (Lipinski definition) is 1. The van der Waals surface area contributed by atoms with Crippen LogP contribution in [0, 0.1) is 5.92 Å². The van der Waals surface area contributed by atoms with Crippen LogP contribution in [-0.2, 0) is 4.79 Å². The molecule has 0 aromatic rings. The molecule has 1 aliphatic carbocycles. The molecule has 2 aliphatic rings. The van der Waals surface area contributed by atoms with Gasteiger partial charge in [0.05, 0.1) is 5.92 Å². The summed E-state index contributed by atoms with van der Waals surface area (Å²) in [4.78, 5) is 14.5. The van der Waals surface area contributed by atoms with Gasteiger partial charge in [-0.15, -0.1) is 0 Å². The highest BCUT2D eigenvalue weighted by molar-refractivity contribution is 5.99. The van der Waals surface area contributed by atoms with Crippen molar-refractivity contribution < 1.29 is 4.79 Å². The molecule has 1 unspecified atom stereocenters. The number of hydrogen-bond acceptors (Lipinski definition) is 2. The highest BCUT2D eigenvalue weighted by atomic mass is 16.1. The molecule has 2 N–H and O–H groups in total. The Morgan fingerprint density at radius 3 is 3.17 bits per heavy atom. The zero-order chi connectivity index (χ0) is 8.55. The Labute approximate surface area is 70.0 Å². The van der Waals surface area contributed by atoms with Crippen molar-refractivity contribution in [2.75, 3.05) is 0 Å². The first-order valence-corrected chi connectivity index (χ1v) is 3.71. The second kappa shape index (κ2) is 2.44. The van der Waals surface area contributed by atoms with Crippen LogP contribution >= 0.6 is 0 Å². The van der Waals surface area contributed by atoms with Gasteiger partial charge in [0, 0.05) is 18.0 Å². The highest BCUT2D eigenvalue weighted by Crippen LogP contribution is 2.23. The van der Waals surface area contributed by atoms with E-state index in [0.717, 1.165) is 11.3 Å². The molecular formula is C9H8N2O. The van der Waals surface area contributed by atoms with Crippen molar-refractivity contribution in [3.8, 4) is 0 Å². The summed E-state index contributed by atoms with van der Waals surface area (Å²) in [6.45, 7) is 0. The van der Waals surface area contributed by atoms with Gasteiger partial charge in [0.1, 0.15) is 0 Å². The maximum atomic E-state index is 10.9. The van der Waals surface area contributed by atoms with Crippen LogP contribution in [0.2, 0.25) is 0 Å². The fourth-order valence-corrected chi connectivity index (χ4v) is 1.31. The van der Waals surface area contributed by atoms with Gasteiger partial charge >= 0.3 is 0 Å². The summed E-state index contributed by atoms with van der Waals surface area (Å²) in [6.07, 6.45) is 8.64. The zero-order valence-corrected chi connectivity index (χ0v) is 6.40. The molecule has 0 bridgehead atoms. The minimum Gasteiger partial charge on any atom is -0.401 e. The predicted octanol–water partition coefficient (Wildman–Crippen LogP) is 0.552. The summed E-state index contributed by atoms with van der Waals surface area (Å²) >= 11 is 0. The normalized spacial score (nSPS) is 26.3. The molecule has 1 amide bonds. The van der Waals surface area contributed by atoms with Crippen LogP contribution in [-0.4, -0.2) is 12.1 Å². The van der Waals surface area contributed by atoms with Gasteiger partial charge in [-0.05, 0) is 11.6 Å². The fraction of sp³-hybridized carbons (Fsp3) is 0.111. The largest absolute Gasteiger partial charge is 0.401 e. The van der Waals surface area contributed by atoms with E-state index in [0.29, 0.717) is 0 Å². The summed E-state index contributed by atoms with van der Waals surface area (Å²) in [5.41, 5.74) is 7.36. The molecule has 0 spiro atoms. The molecule has 60 valence electrons. The Morgan fingerprint density at radius 2 is 2.33 bits per heavy atom. The van der Waals surface area contributed by atoms with E-state index in [2.05, 4.69) is 4.99 Å². The van der Waals surface area contributed by atoms with Crippen LogP contribution in [0.15, 0.2) is 40.6 Å². The van der Waals surface area contributed by atoms with Crippen molar-refractivity contribution in [3.63, 3.8) is 0 Å². The molecule has 0 fully saturated rings. The molecule has 0 radical (unpaired) electrons. The van der Waals surface area contributed by atoms with Crippen molar-refractivity contribution in [1.82, 2.24) is 0 Å². The minimum atomic E-state index is -0.208. The molecule has 12 heavy (non-hydrogen) atoms. The average Bonchev–Trinajstić information content (AvgIpc) is 2.04. The van der Waals surface area contributed by atoms with Gasteiger partial charge < -0.3 is 5.73 Å². The number of rotatable bonds is 0. The number of carbonyl (C=O) groups excluding carboxylic acids is 1. The van der Waals surface area contributed by atoms with Gasteiger partial charge in [0.2, 0.25) is 0 Å². The van der Waals surface area contributed by atoms with E-state index in [1.54, 1.807) is 6.21 Å². The predicted molar refractivity (Wildman–Crippen MR) is 46.5 cm³/mol. The maximum Gasteiger partial charge on any atom is 0.269 e. The van der Waals surface area contributed by atoms with Crippen LogP contribution in [0.1, 0.15) is 0 Å². The van der Waals surface area contributed by atoms with E-state index >= 15 is 0 Å². The lowest BCUT2D eigenvalue weighted by Crippen LogP contribution is -2.20. The van der Waals surface area contributed by atoms with Crippen LogP contribution < -0.4 is 5.73 Å². The third-order valence-corrected chi connectivity index (χ3v) is 1.94. The Morgan fingerprint density at radius 1 is 1.50 bits per heavy atom. The molecule has 3 heteroatoms. The Balaban J connectivity index is 2.42. The van der Waals surface area contributed by atoms with E-state index in [9.17, 15) is 4.79 Å². The van der Waals surface area contributed by atoms with Gasteiger partial charge in [-0.1, -0.05) is 12.2 Å². The first-order valence-electron chi connectivity index (χ1n) is 3.71. The summed E-state index contributed by atoms with van der Waals surface area (Å²) in [7, 11) is 0. The SMILES string of the molecule is NC1=CC=CC2=CC(=O)N=CC12. The number of carbonyl (C=O) groups is 1. The van der Waals surface area contributed by atoms with Crippen molar-refractivity contribution in [3.05, 3.63) is 35.6 Å². The van der Waals surface area contributed by atoms with E-state index in [1.165, 1.54) is 6.08 Å². The third kappa shape index (κ3) is 0.993. The summed E-state index contributed by atoms with van der Waals surface area (Å²) in [6, 6.07) is 0. The Bertz CT molecular complexity index is 348. The smallest absolute Gasteiger partial charge is 0.269 e. The molecule has 0 aromatic carbocycles. The first kappa shape index (κ1) is 7.03. The zero-order valence-electron chi connectivity index (χ0n) is 6.40. The lowest BCUT2D eigenvalue weighted by molar-refractivity contribution is -0.113. The molecule has 1 atom stereocenters. The first-order chi connectivity index (χ1) is 5.77. The van der Waals surface area contributed by atoms with Gasteiger partial charge in [-0.2, -0.15) is 0 Å². The monoisotopic (exact) mass is 160 g/mol. The van der Waals surface area contributed by atoms with Crippen molar-refractivity contribution in [2.24, 2.45) is 16.6 Å². The molecule has 1 heterocycles. The molecule has 0 aromatic heterocycles. The quantitative estimate of drug-likeness (QED) is 0.562. The molecule has 3 nitrogen and oxygen atoms in total. The summed E-state index contributed by atoms with van der Waals surface area (Å²) in [5, 5.41) is 0. The molecule has 0 saturated heterocycles. The maximum absolute atomic E-state index is 10.9. The lowest BCUT2D eigenvalue weighted by atomic mass is 9.91. The Kier molecular flexibility index (Phi) is 1.43. The molecule has 0 saturated carbocycles. The van der Waals surface area contributed by atoms with Gasteiger partial charge in [0.25, 0.3) is 5.91 Å². The standard InChI is InChI=1S/C9H8N2O/c10-8-3-1-2-6-4-9(12)11-5-7(6)8/h1-5,7H,10H2. The van der Waals surface area contributed by atoms with Crippen LogP contribution in [0.3, 0.4) is 0 Å². The summed E-state index contributed by atoms with van der Waals surface area (Å²) < 4.78 is 0. The number of allylic oxidation sites excluding steroid dienone is 4. The molecule has 1 aliphatic heterocycles. The Hall–Kier alpha value is -1.64. The van der Waals surface area contributed by atoms with Gasteiger partial charge in [-0.25, -0.2) is 4.99 Å². The number of nitrogens with two attached hydrogens (primary N) is 1. The highest BCUT2D eigenvalue weighted by Gasteiger charge is 2.19. The number of nitrogens with zero attached hydrogens (tertiary/aromatic N) is 1. The van der Waals surface area contributed by atoms with E-state index < -0.39 is 0 Å². The van der Waals surface area contributed by atoms with Gasteiger partial charge in [0.15, 0.2) is 0 Å². The number of fused-ring (bicyclic) bond motifs is 1. The van der Waals surface area contributed by atoms with Gasteiger partial charge in [-0.3, -0.25) is 4.79 Å². The lowest BCUT2D eigenvalue weighted by Gasteiger charge is -2.18. The second-order valence-corrected chi connectivity index (χ2v) is 2.76. The minimum absolute atomic E-state index is 0.00713. The molecular weight excluding hydrogens is 152 g/mol. The number of amides is 1. The number of aliphatic imine (C=N–C) groups is 1. The van der Waals surface area contributed by atoms with Crippen LogP contribution in [0.5, 0.6) is 0 Å². The molecule has 2 rings (SSSR count). The third-order valence-electron chi connectivity index (χ3n) is 1.94. The van der Waals surface area contributed by atoms with Crippen molar-refractivity contribution in [2.45, 2.75) is 0 Å². The number of dihydropyridines is 1. The van der Waals surface area contributed by atoms with E-state index in [4.69, 9.17) is 5.73 Å². The second-order valence-electron chi connectivity index (χ2n) is 2.76. The summed E-state index contributed by atoms with van der Waals surface area (Å²) in [5.74, 6) is -0.201. The van der Waals surface area contributed by atoms with Crippen LogP contribution in [0.25, 0.3) is 0 Å². The van der Waals surface area contributed by atoms with E-state index in [1.807, 2.05) is 18.2 Å². The fourth-order valence-electron chi connectivity index (χ4n) is 1.31. The van der Waals surface area contributed by atoms with Crippen molar-refractivity contribution in [1.29, 1.82) is 0 Å².